The molecule has 2 aromatic carbocycles. The molecule has 0 aromatic heterocycles. The highest BCUT2D eigenvalue weighted by Crippen LogP contribution is 2.21. The third-order valence-electron chi connectivity index (χ3n) is 3.64. The van der Waals surface area contributed by atoms with E-state index in [1.807, 2.05) is 48.5 Å². The second-order valence-electron chi connectivity index (χ2n) is 5.62. The van der Waals surface area contributed by atoms with Crippen LogP contribution < -0.4 is 4.74 Å². The van der Waals surface area contributed by atoms with E-state index in [1.54, 1.807) is 6.08 Å². The fraction of sp³-hybridized carbons (Fsp3) is 0.200. The molecule has 0 fully saturated rings. The molecule has 0 spiro atoms. The summed E-state index contributed by atoms with van der Waals surface area (Å²) in [5.74, 6) is 0.691. The number of cyclic esters (lactones) is 1. The summed E-state index contributed by atoms with van der Waals surface area (Å²) in [6.07, 6.45) is 3.86. The number of unbranched alkanes of at least 4 members (excludes halogenated alkanes) is 1. The lowest BCUT2D eigenvalue weighted by molar-refractivity contribution is -0.129. The molecule has 1 aliphatic heterocycles. The lowest BCUT2D eigenvalue weighted by Gasteiger charge is -2.05. The standard InChI is InChI=1S/C20H18INO3/c1-2-3-11-24-17-9-7-15(8-10-17)19-22-18(20(23)25-19)13-14-5-4-6-16(21)12-14/h4-10,12-13H,2-3,11H2,1H3/b18-13-. The minimum absolute atomic E-state index is 0.306. The van der Waals surface area contributed by atoms with Gasteiger partial charge in [-0.2, -0.15) is 0 Å². The van der Waals surface area contributed by atoms with Gasteiger partial charge in [0.1, 0.15) is 5.75 Å². The fourth-order valence-electron chi connectivity index (χ4n) is 2.31. The topological polar surface area (TPSA) is 47.9 Å². The third kappa shape index (κ3) is 4.69. The van der Waals surface area contributed by atoms with Gasteiger partial charge >= 0.3 is 5.97 Å². The second kappa shape index (κ2) is 8.29. The van der Waals surface area contributed by atoms with Gasteiger partial charge in [0.2, 0.25) is 5.90 Å². The van der Waals surface area contributed by atoms with E-state index in [4.69, 9.17) is 9.47 Å². The molecule has 0 unspecified atom stereocenters. The molecule has 0 radical (unpaired) electrons. The zero-order chi connectivity index (χ0) is 17.6. The first-order chi connectivity index (χ1) is 12.2. The maximum Gasteiger partial charge on any atom is 0.363 e. The molecule has 4 nitrogen and oxygen atoms in total. The molecule has 0 saturated heterocycles. The molecular weight excluding hydrogens is 429 g/mol. The van der Waals surface area contributed by atoms with Crippen LogP contribution in [0.2, 0.25) is 0 Å². The van der Waals surface area contributed by atoms with E-state index >= 15 is 0 Å². The Morgan fingerprint density at radius 2 is 2.00 bits per heavy atom. The Hall–Kier alpha value is -2.15. The van der Waals surface area contributed by atoms with E-state index in [-0.39, 0.29) is 0 Å². The summed E-state index contributed by atoms with van der Waals surface area (Å²) in [5.41, 5.74) is 1.98. The number of ether oxygens (including phenoxy) is 2. The number of esters is 1. The van der Waals surface area contributed by atoms with Crippen molar-refractivity contribution >= 4 is 40.5 Å². The van der Waals surface area contributed by atoms with Crippen LogP contribution in [0.1, 0.15) is 30.9 Å². The maximum absolute atomic E-state index is 12.1. The van der Waals surface area contributed by atoms with Gasteiger partial charge in [-0.3, -0.25) is 0 Å². The molecular formula is C20H18INO3. The van der Waals surface area contributed by atoms with Gasteiger partial charge in [-0.15, -0.1) is 0 Å². The number of aliphatic imine (C=N–C) groups is 1. The van der Waals surface area contributed by atoms with Gasteiger partial charge < -0.3 is 9.47 Å². The van der Waals surface area contributed by atoms with Crippen LogP contribution in [0.25, 0.3) is 6.08 Å². The van der Waals surface area contributed by atoms with Crippen molar-refractivity contribution in [2.75, 3.05) is 6.61 Å². The van der Waals surface area contributed by atoms with Crippen molar-refractivity contribution < 1.29 is 14.3 Å². The summed E-state index contributed by atoms with van der Waals surface area (Å²) in [6.45, 7) is 2.83. The fourth-order valence-corrected chi connectivity index (χ4v) is 2.88. The summed E-state index contributed by atoms with van der Waals surface area (Å²) in [6, 6.07) is 15.3. The smallest absolute Gasteiger partial charge is 0.363 e. The third-order valence-corrected chi connectivity index (χ3v) is 4.31. The molecule has 5 heteroatoms. The molecule has 128 valence electrons. The first kappa shape index (κ1) is 17.7. The Kier molecular flexibility index (Phi) is 5.86. The van der Waals surface area contributed by atoms with Crippen LogP contribution in [0, 0.1) is 3.57 Å². The van der Waals surface area contributed by atoms with E-state index in [0.717, 1.165) is 33.3 Å². The van der Waals surface area contributed by atoms with Crippen LogP contribution in [0.15, 0.2) is 59.2 Å². The number of rotatable bonds is 6. The number of carbonyl (C=O) groups is 1. The molecule has 0 amide bonds. The summed E-state index contributed by atoms with van der Waals surface area (Å²) in [7, 11) is 0. The summed E-state index contributed by atoms with van der Waals surface area (Å²) in [4.78, 5) is 16.4. The summed E-state index contributed by atoms with van der Waals surface area (Å²) < 4.78 is 12.0. The summed E-state index contributed by atoms with van der Waals surface area (Å²) >= 11 is 2.23. The predicted octanol–water partition coefficient (Wildman–Crippen LogP) is 4.81. The highest BCUT2D eigenvalue weighted by molar-refractivity contribution is 14.1. The Labute approximate surface area is 160 Å². The van der Waals surface area contributed by atoms with Gasteiger partial charge in [-0.25, -0.2) is 9.79 Å². The van der Waals surface area contributed by atoms with E-state index in [2.05, 4.69) is 34.5 Å². The van der Waals surface area contributed by atoms with E-state index < -0.39 is 5.97 Å². The van der Waals surface area contributed by atoms with E-state index in [0.29, 0.717) is 18.2 Å². The maximum atomic E-state index is 12.1. The molecule has 0 saturated carbocycles. The minimum atomic E-state index is -0.433. The minimum Gasteiger partial charge on any atom is -0.494 e. The molecule has 0 N–H and O–H groups in total. The van der Waals surface area contributed by atoms with Crippen molar-refractivity contribution in [3.63, 3.8) is 0 Å². The SMILES string of the molecule is CCCCOc1ccc(C2=N/C(=C\c3cccc(I)c3)C(=O)O2)cc1. The highest BCUT2D eigenvalue weighted by atomic mass is 127. The van der Waals surface area contributed by atoms with Crippen molar-refractivity contribution in [3.8, 4) is 5.75 Å². The second-order valence-corrected chi connectivity index (χ2v) is 6.86. The first-order valence-corrected chi connectivity index (χ1v) is 9.25. The first-order valence-electron chi connectivity index (χ1n) is 8.17. The van der Waals surface area contributed by atoms with Crippen LogP contribution in [0.5, 0.6) is 5.75 Å². The van der Waals surface area contributed by atoms with E-state index in [1.165, 1.54) is 0 Å². The van der Waals surface area contributed by atoms with Crippen molar-refractivity contribution in [2.45, 2.75) is 19.8 Å². The predicted molar refractivity (Wildman–Crippen MR) is 107 cm³/mol. The molecule has 0 bridgehead atoms. The van der Waals surface area contributed by atoms with Gasteiger partial charge in [-0.05, 0) is 77.0 Å². The molecule has 0 atom stereocenters. The van der Waals surface area contributed by atoms with Crippen molar-refractivity contribution in [2.24, 2.45) is 4.99 Å². The van der Waals surface area contributed by atoms with Gasteiger partial charge in [0.15, 0.2) is 5.70 Å². The Bertz CT molecular complexity index is 825. The van der Waals surface area contributed by atoms with Crippen molar-refractivity contribution in [3.05, 3.63) is 68.9 Å². The zero-order valence-corrected chi connectivity index (χ0v) is 16.0. The molecule has 2 aromatic rings. The lowest BCUT2D eigenvalue weighted by Crippen LogP contribution is -2.05. The number of nitrogens with zero attached hydrogens (tertiary/aromatic N) is 1. The molecule has 1 heterocycles. The van der Waals surface area contributed by atoms with Crippen molar-refractivity contribution in [1.82, 2.24) is 0 Å². The van der Waals surface area contributed by atoms with Gasteiger partial charge in [0, 0.05) is 9.13 Å². The van der Waals surface area contributed by atoms with Gasteiger partial charge in [0.25, 0.3) is 0 Å². The highest BCUT2D eigenvalue weighted by Gasteiger charge is 2.24. The van der Waals surface area contributed by atoms with Crippen LogP contribution in [0.4, 0.5) is 0 Å². The molecule has 25 heavy (non-hydrogen) atoms. The van der Waals surface area contributed by atoms with Crippen LogP contribution in [0.3, 0.4) is 0 Å². The number of carbonyl (C=O) groups excluding carboxylic acids is 1. The number of benzene rings is 2. The Balaban J connectivity index is 1.76. The Morgan fingerprint density at radius 1 is 1.20 bits per heavy atom. The average molecular weight is 447 g/mol. The largest absolute Gasteiger partial charge is 0.494 e. The average Bonchev–Trinajstić information content (AvgIpc) is 2.96. The van der Waals surface area contributed by atoms with Crippen molar-refractivity contribution in [1.29, 1.82) is 0 Å². The number of hydrogen-bond donors (Lipinski definition) is 0. The number of halogens is 1. The molecule has 3 rings (SSSR count). The quantitative estimate of drug-likeness (QED) is 0.276. The molecule has 0 aliphatic carbocycles. The lowest BCUT2D eigenvalue weighted by atomic mass is 10.2. The van der Waals surface area contributed by atoms with E-state index in [9.17, 15) is 4.79 Å². The molecule has 1 aliphatic rings. The van der Waals surface area contributed by atoms with Gasteiger partial charge in [-0.1, -0.05) is 25.5 Å². The van der Waals surface area contributed by atoms with Crippen LogP contribution >= 0.6 is 22.6 Å². The number of hydrogen-bond acceptors (Lipinski definition) is 4. The van der Waals surface area contributed by atoms with Crippen LogP contribution in [-0.4, -0.2) is 18.5 Å². The Morgan fingerprint density at radius 3 is 2.72 bits per heavy atom. The van der Waals surface area contributed by atoms with Gasteiger partial charge in [0.05, 0.1) is 6.61 Å². The van der Waals surface area contributed by atoms with Crippen LogP contribution in [-0.2, 0) is 9.53 Å². The zero-order valence-electron chi connectivity index (χ0n) is 13.9. The normalized spacial score (nSPS) is 15.2. The monoisotopic (exact) mass is 447 g/mol. The summed E-state index contributed by atoms with van der Waals surface area (Å²) in [5, 5.41) is 0.